The Kier molecular flexibility index (Phi) is 6.88. The standard InChI is InChI=1S/C24H33N3O2/c1-28-20-12-14-21(15-13-20)29-18-16-25-24-11-5-9-22(26-24)23-10-6-17-27(23)19-7-3-2-4-8-19/h5,9,11-15,19,23H,2-4,6-8,10,16-18H2,1H3,(H,25,26)/t23-/m0/s1. The van der Waals surface area contributed by atoms with Gasteiger partial charge in [0.25, 0.3) is 0 Å². The van der Waals surface area contributed by atoms with Crippen LogP contribution in [0.3, 0.4) is 0 Å². The molecule has 5 heteroatoms. The monoisotopic (exact) mass is 395 g/mol. The summed E-state index contributed by atoms with van der Waals surface area (Å²) in [6, 6.07) is 15.3. The van der Waals surface area contributed by atoms with Crippen LogP contribution in [0.4, 0.5) is 5.82 Å². The maximum absolute atomic E-state index is 5.80. The molecule has 1 saturated carbocycles. The molecule has 1 saturated heterocycles. The molecule has 2 heterocycles. The third-order valence-electron chi connectivity index (χ3n) is 6.19. The number of benzene rings is 1. The number of hydrogen-bond donors (Lipinski definition) is 1. The zero-order valence-corrected chi connectivity index (χ0v) is 17.5. The highest BCUT2D eigenvalue weighted by Crippen LogP contribution is 2.37. The summed E-state index contributed by atoms with van der Waals surface area (Å²) in [6.07, 6.45) is 9.41. The van der Waals surface area contributed by atoms with Crippen molar-refractivity contribution in [3.63, 3.8) is 0 Å². The minimum absolute atomic E-state index is 0.482. The predicted molar refractivity (Wildman–Crippen MR) is 117 cm³/mol. The van der Waals surface area contributed by atoms with Crippen LogP contribution in [0, 0.1) is 0 Å². The molecule has 29 heavy (non-hydrogen) atoms. The van der Waals surface area contributed by atoms with Crippen LogP contribution in [0.25, 0.3) is 0 Å². The van der Waals surface area contributed by atoms with E-state index in [9.17, 15) is 0 Å². The van der Waals surface area contributed by atoms with Gasteiger partial charge in [-0.25, -0.2) is 4.98 Å². The Morgan fingerprint density at radius 2 is 1.76 bits per heavy atom. The van der Waals surface area contributed by atoms with Crippen LogP contribution in [0.15, 0.2) is 42.5 Å². The molecule has 1 N–H and O–H groups in total. The summed E-state index contributed by atoms with van der Waals surface area (Å²) >= 11 is 0. The molecule has 0 unspecified atom stereocenters. The zero-order chi connectivity index (χ0) is 19.9. The van der Waals surface area contributed by atoms with Crippen molar-refractivity contribution in [2.75, 3.05) is 32.1 Å². The van der Waals surface area contributed by atoms with E-state index in [0.717, 1.165) is 29.9 Å². The predicted octanol–water partition coefficient (Wildman–Crippen LogP) is 5.05. The van der Waals surface area contributed by atoms with E-state index in [4.69, 9.17) is 14.5 Å². The molecule has 156 valence electrons. The Hall–Kier alpha value is -2.27. The minimum atomic E-state index is 0.482. The van der Waals surface area contributed by atoms with Crippen molar-refractivity contribution in [1.29, 1.82) is 0 Å². The average Bonchev–Trinajstić information content (AvgIpc) is 3.28. The Morgan fingerprint density at radius 3 is 2.55 bits per heavy atom. The summed E-state index contributed by atoms with van der Waals surface area (Å²) in [7, 11) is 1.67. The van der Waals surface area contributed by atoms with Crippen molar-refractivity contribution in [1.82, 2.24) is 9.88 Å². The number of nitrogens with zero attached hydrogens (tertiary/aromatic N) is 2. The Bertz CT molecular complexity index is 759. The number of methoxy groups -OCH3 is 1. The van der Waals surface area contributed by atoms with E-state index in [2.05, 4.69) is 28.4 Å². The lowest BCUT2D eigenvalue weighted by atomic mass is 9.93. The van der Waals surface area contributed by atoms with Gasteiger partial charge in [-0.15, -0.1) is 0 Å². The van der Waals surface area contributed by atoms with Gasteiger partial charge in [0.15, 0.2) is 0 Å². The lowest BCUT2D eigenvalue weighted by Gasteiger charge is -2.35. The van der Waals surface area contributed by atoms with Gasteiger partial charge in [-0.2, -0.15) is 0 Å². The van der Waals surface area contributed by atoms with Crippen molar-refractivity contribution in [2.45, 2.75) is 57.0 Å². The number of hydrogen-bond acceptors (Lipinski definition) is 5. The van der Waals surface area contributed by atoms with Crippen LogP contribution in [0.5, 0.6) is 11.5 Å². The van der Waals surface area contributed by atoms with Gasteiger partial charge in [0.05, 0.1) is 25.4 Å². The number of nitrogens with one attached hydrogen (secondary N) is 1. The fourth-order valence-electron chi connectivity index (χ4n) is 4.71. The van der Waals surface area contributed by atoms with E-state index in [1.807, 2.05) is 24.3 Å². The van der Waals surface area contributed by atoms with Crippen molar-refractivity contribution in [3.8, 4) is 11.5 Å². The van der Waals surface area contributed by atoms with Crippen LogP contribution in [0.2, 0.25) is 0 Å². The SMILES string of the molecule is COc1ccc(OCCNc2cccc([C@@H]3CCCN3C3CCCCC3)n2)cc1. The Morgan fingerprint density at radius 1 is 0.966 bits per heavy atom. The fourth-order valence-corrected chi connectivity index (χ4v) is 4.71. The van der Waals surface area contributed by atoms with Crippen molar-refractivity contribution in [3.05, 3.63) is 48.2 Å². The Labute approximate surface area is 174 Å². The van der Waals surface area contributed by atoms with Crippen LogP contribution in [-0.2, 0) is 0 Å². The molecule has 4 rings (SSSR count). The number of ether oxygens (including phenoxy) is 2. The fraction of sp³-hybridized carbons (Fsp3) is 0.542. The normalized spacial score (nSPS) is 20.5. The molecule has 1 aromatic carbocycles. The average molecular weight is 396 g/mol. The molecule has 0 radical (unpaired) electrons. The summed E-state index contributed by atoms with van der Waals surface area (Å²) in [5, 5.41) is 3.42. The first-order chi connectivity index (χ1) is 14.3. The molecule has 0 amide bonds. The molecule has 2 aliphatic rings. The number of rotatable bonds is 8. The zero-order valence-electron chi connectivity index (χ0n) is 17.5. The smallest absolute Gasteiger partial charge is 0.126 e. The first-order valence-electron chi connectivity index (χ1n) is 11.1. The van der Waals surface area contributed by atoms with Crippen LogP contribution in [0.1, 0.15) is 56.7 Å². The summed E-state index contributed by atoms with van der Waals surface area (Å²) in [5.41, 5.74) is 1.22. The largest absolute Gasteiger partial charge is 0.497 e. The molecule has 1 aliphatic carbocycles. The van der Waals surface area contributed by atoms with Crippen LogP contribution in [-0.4, -0.2) is 42.7 Å². The summed E-state index contributed by atoms with van der Waals surface area (Å²) in [6.45, 7) is 2.54. The van der Waals surface area contributed by atoms with E-state index < -0.39 is 0 Å². The minimum Gasteiger partial charge on any atom is -0.497 e. The molecule has 1 aliphatic heterocycles. The van der Waals surface area contributed by atoms with E-state index in [0.29, 0.717) is 12.6 Å². The van der Waals surface area contributed by atoms with E-state index >= 15 is 0 Å². The van der Waals surface area contributed by atoms with Crippen molar-refractivity contribution >= 4 is 5.82 Å². The van der Waals surface area contributed by atoms with Gasteiger partial charge in [0, 0.05) is 6.04 Å². The molecule has 1 aromatic heterocycles. The summed E-state index contributed by atoms with van der Waals surface area (Å²) in [4.78, 5) is 7.68. The molecule has 2 aromatic rings. The number of aromatic nitrogens is 1. The number of likely N-dealkylation sites (tertiary alicyclic amines) is 1. The first kappa shape index (κ1) is 20.0. The van der Waals surface area contributed by atoms with Gasteiger partial charge in [-0.1, -0.05) is 25.3 Å². The second kappa shape index (κ2) is 9.97. The molecule has 0 spiro atoms. The van der Waals surface area contributed by atoms with Crippen molar-refractivity contribution < 1.29 is 9.47 Å². The maximum Gasteiger partial charge on any atom is 0.126 e. The first-order valence-corrected chi connectivity index (χ1v) is 11.1. The van der Waals surface area contributed by atoms with Gasteiger partial charge in [0.1, 0.15) is 23.9 Å². The highest BCUT2D eigenvalue weighted by atomic mass is 16.5. The second-order valence-corrected chi connectivity index (χ2v) is 8.09. The highest BCUT2D eigenvalue weighted by Gasteiger charge is 2.33. The molecule has 1 atom stereocenters. The van der Waals surface area contributed by atoms with Gasteiger partial charge >= 0.3 is 0 Å². The van der Waals surface area contributed by atoms with Gasteiger partial charge in [-0.05, 0) is 68.6 Å². The second-order valence-electron chi connectivity index (χ2n) is 8.09. The topological polar surface area (TPSA) is 46.6 Å². The third-order valence-corrected chi connectivity index (χ3v) is 6.19. The van der Waals surface area contributed by atoms with Crippen molar-refractivity contribution in [2.24, 2.45) is 0 Å². The van der Waals surface area contributed by atoms with Gasteiger partial charge < -0.3 is 14.8 Å². The molecular weight excluding hydrogens is 362 g/mol. The Balaban J connectivity index is 1.30. The van der Waals surface area contributed by atoms with E-state index in [1.54, 1.807) is 7.11 Å². The number of pyridine rings is 1. The van der Waals surface area contributed by atoms with E-state index in [-0.39, 0.29) is 0 Å². The molecular formula is C24H33N3O2. The maximum atomic E-state index is 5.80. The lowest BCUT2D eigenvalue weighted by Crippen LogP contribution is -2.36. The highest BCUT2D eigenvalue weighted by molar-refractivity contribution is 5.36. The summed E-state index contributed by atoms with van der Waals surface area (Å²) < 4.78 is 11.0. The number of anilines is 1. The quantitative estimate of drug-likeness (QED) is 0.634. The molecule has 2 fully saturated rings. The van der Waals surface area contributed by atoms with E-state index in [1.165, 1.54) is 57.2 Å². The molecule has 0 bridgehead atoms. The lowest BCUT2D eigenvalue weighted by molar-refractivity contribution is 0.140. The van der Waals surface area contributed by atoms with Crippen LogP contribution >= 0.6 is 0 Å². The summed E-state index contributed by atoms with van der Waals surface area (Å²) in [5.74, 6) is 2.63. The third kappa shape index (κ3) is 5.21. The van der Waals surface area contributed by atoms with Crippen LogP contribution < -0.4 is 14.8 Å². The van der Waals surface area contributed by atoms with Gasteiger partial charge in [0.2, 0.25) is 0 Å². The molecule has 5 nitrogen and oxygen atoms in total. The van der Waals surface area contributed by atoms with Gasteiger partial charge in [-0.3, -0.25) is 4.90 Å².